The van der Waals surface area contributed by atoms with Gasteiger partial charge >= 0.3 is 12.1 Å². The van der Waals surface area contributed by atoms with Gasteiger partial charge in [-0.2, -0.15) is 0 Å². The number of hydrogen-bond acceptors (Lipinski definition) is 11. The molecule has 1 unspecified atom stereocenters. The number of thiophene rings is 1. The minimum Gasteiger partial charge on any atom is -0.465 e. The molecule has 0 bridgehead atoms. The van der Waals surface area contributed by atoms with E-state index in [1.807, 2.05) is 0 Å². The number of benzene rings is 3. The van der Waals surface area contributed by atoms with Crippen LogP contribution in [0.5, 0.6) is 0 Å². The molecule has 16 heteroatoms. The lowest BCUT2D eigenvalue weighted by Crippen LogP contribution is -2.39. The summed E-state index contributed by atoms with van der Waals surface area (Å²) in [6.45, 7) is 7.59. The molecule has 14 nitrogen and oxygen atoms in total. The number of nitro groups is 1. The predicted octanol–water partition coefficient (Wildman–Crippen LogP) is 7.27. The second-order valence-electron chi connectivity index (χ2n) is 13.3. The molecule has 0 aliphatic carbocycles. The third-order valence-electron chi connectivity index (χ3n) is 8.07. The lowest BCUT2D eigenvalue weighted by Gasteiger charge is -2.30. The van der Waals surface area contributed by atoms with Gasteiger partial charge in [-0.15, -0.1) is 23.1 Å². The van der Waals surface area contributed by atoms with E-state index in [9.17, 15) is 34.1 Å². The normalized spacial score (nSPS) is 13.2. The Hall–Kier alpha value is -6.00. The smallest absolute Gasteiger partial charge is 0.410 e. The van der Waals surface area contributed by atoms with Crippen molar-refractivity contribution < 1.29 is 38.4 Å². The van der Waals surface area contributed by atoms with Crippen LogP contribution in [0.15, 0.2) is 89.5 Å². The largest absolute Gasteiger partial charge is 0.465 e. The summed E-state index contributed by atoms with van der Waals surface area (Å²) in [6, 6.07) is 20.7. The molecular formula is C39H39N5O9S2. The van der Waals surface area contributed by atoms with Crippen molar-refractivity contribution in [3.8, 4) is 0 Å². The van der Waals surface area contributed by atoms with E-state index in [2.05, 4.69) is 16.0 Å². The summed E-state index contributed by atoms with van der Waals surface area (Å²) in [5, 5.41) is 19.5. The standard InChI is InChI=1S/C39H39N5O9S2/c1-23(33(45)42-36-32(37(48)52-5)28-18-19-43(22-31(28)55-36)38(49)53-39(2,3)4)54-27-16-11-15-26(21-27)40-35(47)29(41-34(46)24-12-7-6-8-13-24)20-25-14-9-10-17-30(25)44(50)51/h6-17,20-21,23H,18-19,22H2,1-5H3,(H,40,47)(H,41,46)(H,42,45)/b29-20+. The molecule has 2 heterocycles. The zero-order valence-corrected chi connectivity index (χ0v) is 32.3. The van der Waals surface area contributed by atoms with Crippen molar-refractivity contribution in [1.82, 2.24) is 10.2 Å². The van der Waals surface area contributed by atoms with Crippen molar-refractivity contribution in [1.29, 1.82) is 0 Å². The zero-order chi connectivity index (χ0) is 39.9. The molecule has 1 aromatic heterocycles. The number of thioether (sulfide) groups is 1. The van der Waals surface area contributed by atoms with Crippen molar-refractivity contribution in [2.24, 2.45) is 0 Å². The Morgan fingerprint density at radius 2 is 1.69 bits per heavy atom. The maximum Gasteiger partial charge on any atom is 0.410 e. The Bertz CT molecular complexity index is 2160. The molecule has 4 amide bonds. The van der Waals surface area contributed by atoms with Crippen LogP contribution in [-0.4, -0.2) is 64.1 Å². The van der Waals surface area contributed by atoms with Crippen LogP contribution in [0, 0.1) is 10.1 Å². The number of nitrogens with zero attached hydrogens (tertiary/aromatic N) is 2. The Balaban J connectivity index is 1.31. The topological polar surface area (TPSA) is 186 Å². The van der Waals surface area contributed by atoms with Crippen molar-refractivity contribution in [2.45, 2.75) is 56.4 Å². The van der Waals surface area contributed by atoms with Gasteiger partial charge in [0.05, 0.1) is 35.0 Å². The average molecular weight is 786 g/mol. The Kier molecular flexibility index (Phi) is 12.7. The van der Waals surface area contributed by atoms with Crippen LogP contribution in [0.2, 0.25) is 0 Å². The molecule has 286 valence electrons. The maximum absolute atomic E-state index is 13.6. The van der Waals surface area contributed by atoms with Crippen molar-refractivity contribution in [2.75, 3.05) is 24.3 Å². The van der Waals surface area contributed by atoms with E-state index in [1.165, 1.54) is 54.5 Å². The molecule has 1 aliphatic rings. The SMILES string of the molecule is COC(=O)c1c(NC(=O)C(C)Sc2cccc(NC(=O)/C(=C\c3ccccc3[N+](=O)[O-])NC(=O)c3ccccc3)c2)sc2c1CCN(C(=O)OC(C)(C)C)C2. The molecule has 4 aromatic rings. The highest BCUT2D eigenvalue weighted by Crippen LogP contribution is 2.39. The van der Waals surface area contributed by atoms with E-state index in [4.69, 9.17) is 9.47 Å². The molecule has 0 spiro atoms. The first kappa shape index (κ1) is 40.2. The van der Waals surface area contributed by atoms with Crippen LogP contribution in [0.3, 0.4) is 0 Å². The summed E-state index contributed by atoms with van der Waals surface area (Å²) in [7, 11) is 1.26. The van der Waals surface area contributed by atoms with Crippen LogP contribution in [0.4, 0.5) is 21.2 Å². The third kappa shape index (κ3) is 10.4. The summed E-state index contributed by atoms with van der Waals surface area (Å²) in [5.74, 6) is -2.33. The average Bonchev–Trinajstić information content (AvgIpc) is 3.51. The number of fused-ring (bicyclic) bond motifs is 1. The Morgan fingerprint density at radius 3 is 2.38 bits per heavy atom. The monoisotopic (exact) mass is 785 g/mol. The molecular weight excluding hydrogens is 747 g/mol. The lowest BCUT2D eigenvalue weighted by molar-refractivity contribution is -0.385. The molecule has 0 saturated carbocycles. The Labute approximate surface area is 325 Å². The fraction of sp³-hybridized carbons (Fsp3) is 0.256. The van der Waals surface area contributed by atoms with Gasteiger partial charge in [-0.05, 0) is 82.2 Å². The molecule has 3 aromatic carbocycles. The summed E-state index contributed by atoms with van der Waals surface area (Å²) < 4.78 is 10.6. The fourth-order valence-corrected chi connectivity index (χ4v) is 7.66. The number of nitrogens with one attached hydrogen (secondary N) is 3. The minimum absolute atomic E-state index is 0.109. The highest BCUT2D eigenvalue weighted by atomic mass is 32.2. The molecule has 55 heavy (non-hydrogen) atoms. The van der Waals surface area contributed by atoms with E-state index >= 15 is 0 Å². The molecule has 5 rings (SSSR count). The molecule has 0 radical (unpaired) electrons. The number of hydrogen-bond donors (Lipinski definition) is 3. The first-order chi connectivity index (χ1) is 26.1. The van der Waals surface area contributed by atoms with Crippen LogP contribution in [-0.2, 0) is 32.0 Å². The minimum atomic E-state index is -0.738. The van der Waals surface area contributed by atoms with Gasteiger partial charge in [0.15, 0.2) is 0 Å². The van der Waals surface area contributed by atoms with Crippen LogP contribution in [0.25, 0.3) is 6.08 Å². The number of carbonyl (C=O) groups is 5. The number of para-hydroxylation sites is 1. The van der Waals surface area contributed by atoms with Gasteiger partial charge in [0.2, 0.25) is 5.91 Å². The van der Waals surface area contributed by atoms with E-state index < -0.39 is 45.6 Å². The van der Waals surface area contributed by atoms with Crippen LogP contribution < -0.4 is 16.0 Å². The number of methoxy groups -OCH3 is 1. The molecule has 1 atom stereocenters. The zero-order valence-electron chi connectivity index (χ0n) is 30.7. The highest BCUT2D eigenvalue weighted by molar-refractivity contribution is 8.00. The third-order valence-corrected chi connectivity index (χ3v) is 10.3. The second kappa shape index (κ2) is 17.4. The first-order valence-corrected chi connectivity index (χ1v) is 18.7. The number of anilines is 2. The van der Waals surface area contributed by atoms with Crippen LogP contribution >= 0.6 is 23.1 Å². The van der Waals surface area contributed by atoms with E-state index in [1.54, 1.807) is 93.3 Å². The van der Waals surface area contributed by atoms with Crippen molar-refractivity contribution >= 4 is 75.3 Å². The second-order valence-corrected chi connectivity index (χ2v) is 15.8. The van der Waals surface area contributed by atoms with Crippen molar-refractivity contribution in [3.63, 3.8) is 0 Å². The van der Waals surface area contributed by atoms with E-state index in [0.29, 0.717) is 34.1 Å². The van der Waals surface area contributed by atoms with Crippen molar-refractivity contribution in [3.05, 3.63) is 122 Å². The summed E-state index contributed by atoms with van der Waals surface area (Å²) in [5.41, 5.74) is 0.529. The molecule has 0 saturated heterocycles. The lowest BCUT2D eigenvalue weighted by atomic mass is 10.0. The number of amides is 4. The predicted molar refractivity (Wildman–Crippen MR) is 210 cm³/mol. The molecule has 0 fully saturated rings. The maximum atomic E-state index is 13.6. The first-order valence-electron chi connectivity index (χ1n) is 17.0. The van der Waals surface area contributed by atoms with E-state index in [-0.39, 0.29) is 34.6 Å². The fourth-order valence-electron chi connectivity index (χ4n) is 5.48. The highest BCUT2D eigenvalue weighted by Gasteiger charge is 2.33. The quantitative estimate of drug-likeness (QED) is 0.0459. The summed E-state index contributed by atoms with van der Waals surface area (Å²) in [6.07, 6.45) is 1.15. The number of esters is 1. The number of nitro benzene ring substituents is 1. The summed E-state index contributed by atoms with van der Waals surface area (Å²) in [4.78, 5) is 79.9. The summed E-state index contributed by atoms with van der Waals surface area (Å²) >= 11 is 2.40. The van der Waals surface area contributed by atoms with Gasteiger partial charge in [-0.3, -0.25) is 24.5 Å². The molecule has 3 N–H and O–H groups in total. The van der Waals surface area contributed by atoms with E-state index in [0.717, 1.165) is 4.88 Å². The van der Waals surface area contributed by atoms with Gasteiger partial charge in [-0.1, -0.05) is 36.4 Å². The Morgan fingerprint density at radius 1 is 0.982 bits per heavy atom. The number of rotatable bonds is 11. The molecule has 1 aliphatic heterocycles. The van der Waals surface area contributed by atoms with Crippen LogP contribution in [0.1, 0.15) is 64.4 Å². The van der Waals surface area contributed by atoms with Gasteiger partial charge in [0.1, 0.15) is 16.3 Å². The van der Waals surface area contributed by atoms with Gasteiger partial charge in [-0.25, -0.2) is 9.59 Å². The number of ether oxygens (including phenoxy) is 2. The number of carbonyl (C=O) groups excluding carboxylic acids is 5. The van der Waals surface area contributed by atoms with Gasteiger partial charge < -0.3 is 30.3 Å². The van der Waals surface area contributed by atoms with Gasteiger partial charge in [0, 0.05) is 33.6 Å². The van der Waals surface area contributed by atoms with Gasteiger partial charge in [0.25, 0.3) is 17.5 Å².